The number of nitrogens with one attached hydrogen (secondary N) is 1. The Bertz CT molecular complexity index is 695. The minimum atomic E-state index is 0.106. The van der Waals surface area contributed by atoms with E-state index in [2.05, 4.69) is 20.3 Å². The molecule has 0 aliphatic carbocycles. The molecule has 0 saturated carbocycles. The fourth-order valence-electron chi connectivity index (χ4n) is 3.58. The molecule has 0 bridgehead atoms. The van der Waals surface area contributed by atoms with Gasteiger partial charge in [-0.15, -0.1) is 0 Å². The van der Waals surface area contributed by atoms with Crippen LogP contribution in [-0.2, 0) is 0 Å². The SMILES string of the molecule is O=C(c1cccc(-n2cncn2)c1)N1CCC(N2CCNCC2)C1. The molecule has 1 unspecified atom stereocenters. The van der Waals surface area contributed by atoms with E-state index >= 15 is 0 Å². The van der Waals surface area contributed by atoms with Crippen LogP contribution < -0.4 is 5.32 Å². The maximum atomic E-state index is 12.8. The highest BCUT2D eigenvalue weighted by Gasteiger charge is 2.31. The van der Waals surface area contributed by atoms with E-state index in [-0.39, 0.29) is 5.91 Å². The maximum Gasteiger partial charge on any atom is 0.253 e. The second-order valence-electron chi connectivity index (χ2n) is 6.37. The molecule has 7 heteroatoms. The molecular weight excluding hydrogens is 304 g/mol. The van der Waals surface area contributed by atoms with E-state index in [0.29, 0.717) is 11.6 Å². The second-order valence-corrected chi connectivity index (χ2v) is 6.37. The zero-order chi connectivity index (χ0) is 16.4. The largest absolute Gasteiger partial charge is 0.337 e. The fraction of sp³-hybridized carbons (Fsp3) is 0.471. The molecule has 0 spiro atoms. The van der Waals surface area contributed by atoms with Crippen LogP contribution in [0.25, 0.3) is 5.69 Å². The molecular formula is C17H22N6O. The van der Waals surface area contributed by atoms with Crippen LogP contribution in [0.4, 0.5) is 0 Å². The molecule has 2 saturated heterocycles. The van der Waals surface area contributed by atoms with Gasteiger partial charge in [-0.1, -0.05) is 6.07 Å². The van der Waals surface area contributed by atoms with Crippen molar-refractivity contribution < 1.29 is 4.79 Å². The molecule has 3 heterocycles. The molecule has 2 aromatic rings. The van der Waals surface area contributed by atoms with Crippen LogP contribution in [0.2, 0.25) is 0 Å². The average Bonchev–Trinajstić information content (AvgIpc) is 3.34. The van der Waals surface area contributed by atoms with Gasteiger partial charge in [0.05, 0.1) is 5.69 Å². The first-order chi connectivity index (χ1) is 11.8. The van der Waals surface area contributed by atoms with Crippen molar-refractivity contribution in [2.45, 2.75) is 12.5 Å². The summed E-state index contributed by atoms with van der Waals surface area (Å²) < 4.78 is 1.67. The van der Waals surface area contributed by atoms with E-state index in [1.807, 2.05) is 29.2 Å². The number of carbonyl (C=O) groups excluding carboxylic acids is 1. The summed E-state index contributed by atoms with van der Waals surface area (Å²) in [6.45, 7) is 5.91. The van der Waals surface area contributed by atoms with E-state index in [9.17, 15) is 4.79 Å². The summed E-state index contributed by atoms with van der Waals surface area (Å²) in [4.78, 5) is 21.3. The second kappa shape index (κ2) is 6.70. The zero-order valence-electron chi connectivity index (χ0n) is 13.6. The van der Waals surface area contributed by atoms with Crippen LogP contribution in [-0.4, -0.2) is 75.8 Å². The lowest BCUT2D eigenvalue weighted by atomic mass is 10.1. The van der Waals surface area contributed by atoms with Gasteiger partial charge in [0.2, 0.25) is 0 Å². The summed E-state index contributed by atoms with van der Waals surface area (Å²) >= 11 is 0. The smallest absolute Gasteiger partial charge is 0.253 e. The lowest BCUT2D eigenvalue weighted by molar-refractivity contribution is 0.0773. The molecule has 4 rings (SSSR count). The third-order valence-electron chi connectivity index (χ3n) is 4.89. The van der Waals surface area contributed by atoms with Gasteiger partial charge in [0.15, 0.2) is 0 Å². The van der Waals surface area contributed by atoms with Gasteiger partial charge in [0, 0.05) is 50.9 Å². The summed E-state index contributed by atoms with van der Waals surface area (Å²) in [7, 11) is 0. The highest BCUT2D eigenvalue weighted by Crippen LogP contribution is 2.19. The Morgan fingerprint density at radius 2 is 2.08 bits per heavy atom. The lowest BCUT2D eigenvalue weighted by Gasteiger charge is -2.32. The Kier molecular flexibility index (Phi) is 4.27. The minimum Gasteiger partial charge on any atom is -0.337 e. The normalized spacial score (nSPS) is 22.0. The van der Waals surface area contributed by atoms with E-state index < -0.39 is 0 Å². The average molecular weight is 326 g/mol. The highest BCUT2D eigenvalue weighted by molar-refractivity contribution is 5.95. The predicted molar refractivity (Wildman–Crippen MR) is 90.1 cm³/mol. The first-order valence-electron chi connectivity index (χ1n) is 8.50. The number of amides is 1. The van der Waals surface area contributed by atoms with Gasteiger partial charge in [-0.2, -0.15) is 5.10 Å². The summed E-state index contributed by atoms with van der Waals surface area (Å²) in [5.74, 6) is 0.106. The molecule has 2 aliphatic heterocycles. The van der Waals surface area contributed by atoms with Gasteiger partial charge in [-0.25, -0.2) is 9.67 Å². The van der Waals surface area contributed by atoms with E-state index in [4.69, 9.17) is 0 Å². The van der Waals surface area contributed by atoms with Crippen LogP contribution in [0, 0.1) is 0 Å². The Labute approximate surface area is 141 Å². The summed E-state index contributed by atoms with van der Waals surface area (Å²) in [5, 5.41) is 7.51. The maximum absolute atomic E-state index is 12.8. The number of rotatable bonds is 3. The number of benzene rings is 1. The van der Waals surface area contributed by atoms with Gasteiger partial charge in [-0.05, 0) is 24.6 Å². The van der Waals surface area contributed by atoms with Crippen LogP contribution in [0.5, 0.6) is 0 Å². The lowest BCUT2D eigenvalue weighted by Crippen LogP contribution is -2.49. The Hall–Kier alpha value is -2.25. The van der Waals surface area contributed by atoms with E-state index in [1.54, 1.807) is 11.0 Å². The molecule has 126 valence electrons. The zero-order valence-corrected chi connectivity index (χ0v) is 13.6. The van der Waals surface area contributed by atoms with Crippen LogP contribution >= 0.6 is 0 Å². The monoisotopic (exact) mass is 326 g/mol. The Balaban J connectivity index is 1.45. The quantitative estimate of drug-likeness (QED) is 0.884. The molecule has 1 aromatic heterocycles. The number of piperazine rings is 1. The van der Waals surface area contributed by atoms with E-state index in [1.165, 1.54) is 6.33 Å². The Morgan fingerprint density at radius 3 is 2.88 bits per heavy atom. The van der Waals surface area contributed by atoms with Crippen molar-refractivity contribution in [3.63, 3.8) is 0 Å². The summed E-state index contributed by atoms with van der Waals surface area (Å²) in [6, 6.07) is 8.08. The number of aromatic nitrogens is 3. The number of hydrogen-bond donors (Lipinski definition) is 1. The van der Waals surface area contributed by atoms with Crippen LogP contribution in [0.15, 0.2) is 36.9 Å². The van der Waals surface area contributed by atoms with Gasteiger partial charge in [0.1, 0.15) is 12.7 Å². The highest BCUT2D eigenvalue weighted by atomic mass is 16.2. The third kappa shape index (κ3) is 3.05. The van der Waals surface area contributed by atoms with Gasteiger partial charge in [0.25, 0.3) is 5.91 Å². The van der Waals surface area contributed by atoms with Crippen molar-refractivity contribution in [2.75, 3.05) is 39.3 Å². The summed E-state index contributed by atoms with van der Waals surface area (Å²) in [5.41, 5.74) is 1.57. The minimum absolute atomic E-state index is 0.106. The molecule has 0 radical (unpaired) electrons. The standard InChI is InChI=1S/C17H22N6O/c24-17(14-2-1-3-15(10-14)23-13-19-12-20-23)22-7-4-16(11-22)21-8-5-18-6-9-21/h1-3,10,12-13,16,18H,4-9,11H2. The summed E-state index contributed by atoms with van der Waals surface area (Å²) in [6.07, 6.45) is 4.20. The molecule has 1 amide bonds. The number of nitrogens with zero attached hydrogens (tertiary/aromatic N) is 5. The number of likely N-dealkylation sites (tertiary alicyclic amines) is 1. The van der Waals surface area contributed by atoms with Crippen molar-refractivity contribution >= 4 is 5.91 Å². The van der Waals surface area contributed by atoms with Crippen LogP contribution in [0.1, 0.15) is 16.8 Å². The van der Waals surface area contributed by atoms with Crippen molar-refractivity contribution in [3.05, 3.63) is 42.5 Å². The number of hydrogen-bond acceptors (Lipinski definition) is 5. The van der Waals surface area contributed by atoms with Crippen molar-refractivity contribution in [2.24, 2.45) is 0 Å². The molecule has 24 heavy (non-hydrogen) atoms. The van der Waals surface area contributed by atoms with Gasteiger partial charge >= 0.3 is 0 Å². The topological polar surface area (TPSA) is 66.3 Å². The van der Waals surface area contributed by atoms with Crippen molar-refractivity contribution in [1.29, 1.82) is 0 Å². The molecule has 7 nitrogen and oxygen atoms in total. The fourth-order valence-corrected chi connectivity index (χ4v) is 3.58. The van der Waals surface area contributed by atoms with Gasteiger partial charge < -0.3 is 10.2 Å². The van der Waals surface area contributed by atoms with Crippen molar-refractivity contribution in [3.8, 4) is 5.69 Å². The Morgan fingerprint density at radius 1 is 1.21 bits per heavy atom. The molecule has 1 N–H and O–H groups in total. The van der Waals surface area contributed by atoms with Crippen molar-refractivity contribution in [1.82, 2.24) is 29.9 Å². The predicted octanol–water partition coefficient (Wildman–Crippen LogP) is 0.387. The first kappa shape index (κ1) is 15.3. The van der Waals surface area contributed by atoms with Gasteiger partial charge in [-0.3, -0.25) is 9.69 Å². The molecule has 1 atom stereocenters. The number of carbonyl (C=O) groups is 1. The molecule has 2 fully saturated rings. The third-order valence-corrected chi connectivity index (χ3v) is 4.89. The molecule has 2 aliphatic rings. The van der Waals surface area contributed by atoms with Crippen LogP contribution in [0.3, 0.4) is 0 Å². The molecule has 1 aromatic carbocycles. The first-order valence-corrected chi connectivity index (χ1v) is 8.50. The van der Waals surface area contributed by atoms with E-state index in [0.717, 1.165) is 51.4 Å².